The highest BCUT2D eigenvalue weighted by atomic mass is 35.5. The normalized spacial score (nSPS) is 10.9. The Hall–Kier alpha value is -3.68. The summed E-state index contributed by atoms with van der Waals surface area (Å²) in [4.78, 5) is 15.2. The molecule has 0 aliphatic heterocycles. The van der Waals surface area contributed by atoms with Gasteiger partial charge in [0.05, 0.1) is 21.6 Å². The van der Waals surface area contributed by atoms with Crippen LogP contribution in [0.3, 0.4) is 0 Å². The third kappa shape index (κ3) is 6.01. The maximum atomic E-state index is 6.48. The second-order valence-electron chi connectivity index (χ2n) is 7.65. The van der Waals surface area contributed by atoms with Crippen LogP contribution in [0.15, 0.2) is 79.8 Å². The van der Waals surface area contributed by atoms with Crippen molar-refractivity contribution >= 4 is 34.0 Å². The quantitative estimate of drug-likeness (QED) is 0.287. The topological polar surface area (TPSA) is 72.4 Å². The summed E-state index contributed by atoms with van der Waals surface area (Å²) >= 11 is 6.48. The highest BCUT2D eigenvalue weighted by molar-refractivity contribution is 6.32. The lowest BCUT2D eigenvalue weighted by molar-refractivity contribution is 0.252. The molecule has 0 atom stereocenters. The summed E-state index contributed by atoms with van der Waals surface area (Å²) in [6, 6.07) is 17.0. The second-order valence-corrected chi connectivity index (χ2v) is 8.06. The highest BCUT2D eigenvalue weighted by Crippen LogP contribution is 2.34. The molecule has 0 amide bonds. The van der Waals surface area contributed by atoms with Crippen LogP contribution < -0.4 is 14.8 Å². The molecule has 8 heteroatoms. The molecular formula is C26H26ClN5O2. The van der Waals surface area contributed by atoms with E-state index in [9.17, 15) is 0 Å². The number of halogens is 1. The number of ether oxygens (including phenoxy) is 2. The Balaban J connectivity index is 1.50. The molecule has 0 aliphatic rings. The molecule has 1 N–H and O–H groups in total. The number of nitrogens with zero attached hydrogens (tertiary/aromatic N) is 4. The molecule has 34 heavy (non-hydrogen) atoms. The summed E-state index contributed by atoms with van der Waals surface area (Å²) < 4.78 is 11.9. The molecule has 7 nitrogen and oxygen atoms in total. The third-order valence-electron chi connectivity index (χ3n) is 5.09. The van der Waals surface area contributed by atoms with Crippen molar-refractivity contribution in [3.63, 3.8) is 0 Å². The van der Waals surface area contributed by atoms with Gasteiger partial charge in [-0.05, 0) is 49.5 Å². The van der Waals surface area contributed by atoms with Gasteiger partial charge in [-0.15, -0.1) is 6.58 Å². The molecule has 4 aromatic rings. The summed E-state index contributed by atoms with van der Waals surface area (Å²) in [5, 5.41) is 4.64. The highest BCUT2D eigenvalue weighted by Gasteiger charge is 2.12. The molecule has 4 rings (SSSR count). The molecule has 0 unspecified atom stereocenters. The van der Waals surface area contributed by atoms with Crippen molar-refractivity contribution in [2.45, 2.75) is 6.61 Å². The Labute approximate surface area is 204 Å². The number of nitrogens with one attached hydrogen (secondary N) is 1. The standard InChI is InChI=1S/C26H26ClN5O2/c1-3-13-32(2)14-15-33-24-9-6-8-22-25(24)26(30-18-29-22)31-19-10-11-23(21(27)16-19)34-17-20-7-4-5-12-28-20/h3-12,16,18H,1,13-15,17H2,2H3,(H,29,30,31). The molecule has 2 aromatic carbocycles. The van der Waals surface area contributed by atoms with E-state index in [1.807, 2.05) is 61.7 Å². The van der Waals surface area contributed by atoms with E-state index in [0.717, 1.165) is 35.4 Å². The monoisotopic (exact) mass is 475 g/mol. The first-order valence-electron chi connectivity index (χ1n) is 10.9. The van der Waals surface area contributed by atoms with Crippen molar-refractivity contribution < 1.29 is 9.47 Å². The molecule has 0 radical (unpaired) electrons. The zero-order valence-corrected chi connectivity index (χ0v) is 19.7. The summed E-state index contributed by atoms with van der Waals surface area (Å²) in [5.74, 6) is 1.94. The van der Waals surface area contributed by atoms with Crippen LogP contribution in [0.25, 0.3) is 10.9 Å². The number of likely N-dealkylation sites (N-methyl/N-ethyl adjacent to an activating group) is 1. The molecular weight excluding hydrogens is 450 g/mol. The van der Waals surface area contributed by atoms with Crippen LogP contribution in [-0.2, 0) is 6.61 Å². The van der Waals surface area contributed by atoms with E-state index in [1.54, 1.807) is 12.3 Å². The fraction of sp³-hybridized carbons (Fsp3) is 0.192. The predicted molar refractivity (Wildman–Crippen MR) is 136 cm³/mol. The molecule has 0 saturated heterocycles. The fourth-order valence-corrected chi connectivity index (χ4v) is 3.62. The van der Waals surface area contributed by atoms with Crippen LogP contribution in [0.4, 0.5) is 11.5 Å². The van der Waals surface area contributed by atoms with Gasteiger partial charge < -0.3 is 14.8 Å². The smallest absolute Gasteiger partial charge is 0.145 e. The van der Waals surface area contributed by atoms with Crippen molar-refractivity contribution in [3.8, 4) is 11.5 Å². The van der Waals surface area contributed by atoms with E-state index in [2.05, 4.69) is 31.7 Å². The minimum absolute atomic E-state index is 0.340. The molecule has 0 bridgehead atoms. The van der Waals surface area contributed by atoms with Crippen LogP contribution in [0.5, 0.6) is 11.5 Å². The Bertz CT molecular complexity index is 1250. The molecule has 0 fully saturated rings. The zero-order chi connectivity index (χ0) is 23.8. The van der Waals surface area contributed by atoms with E-state index in [-0.39, 0.29) is 0 Å². The number of rotatable bonds is 11. The van der Waals surface area contributed by atoms with E-state index < -0.39 is 0 Å². The summed E-state index contributed by atoms with van der Waals surface area (Å²) in [6.07, 6.45) is 5.13. The molecule has 0 spiro atoms. The van der Waals surface area contributed by atoms with Gasteiger partial charge in [-0.3, -0.25) is 9.88 Å². The van der Waals surface area contributed by atoms with E-state index in [4.69, 9.17) is 21.1 Å². The lowest BCUT2D eigenvalue weighted by Gasteiger charge is -2.16. The van der Waals surface area contributed by atoms with E-state index in [1.165, 1.54) is 6.33 Å². The Morgan fingerprint density at radius 2 is 1.94 bits per heavy atom. The average molecular weight is 476 g/mol. The van der Waals surface area contributed by atoms with Crippen molar-refractivity contribution in [2.75, 3.05) is 32.1 Å². The first kappa shape index (κ1) is 23.5. The Morgan fingerprint density at radius 1 is 1.03 bits per heavy atom. The maximum absolute atomic E-state index is 6.48. The number of hydrogen-bond donors (Lipinski definition) is 1. The van der Waals surface area contributed by atoms with Gasteiger partial charge >= 0.3 is 0 Å². The van der Waals surface area contributed by atoms with Gasteiger partial charge in [0.25, 0.3) is 0 Å². The summed E-state index contributed by atoms with van der Waals surface area (Å²) in [7, 11) is 2.03. The van der Waals surface area contributed by atoms with Crippen LogP contribution >= 0.6 is 11.6 Å². The van der Waals surface area contributed by atoms with Crippen LogP contribution in [0.2, 0.25) is 5.02 Å². The molecule has 2 aromatic heterocycles. The van der Waals surface area contributed by atoms with Crippen molar-refractivity contribution in [1.29, 1.82) is 0 Å². The lowest BCUT2D eigenvalue weighted by Crippen LogP contribution is -2.24. The SMILES string of the molecule is C=CCN(C)CCOc1cccc2ncnc(Nc3ccc(OCc4ccccn4)c(Cl)c3)c12. The Kier molecular flexibility index (Phi) is 7.91. The molecule has 0 saturated carbocycles. The van der Waals surface area contributed by atoms with E-state index in [0.29, 0.717) is 35.6 Å². The van der Waals surface area contributed by atoms with Crippen molar-refractivity contribution in [1.82, 2.24) is 19.9 Å². The molecule has 0 aliphatic carbocycles. The van der Waals surface area contributed by atoms with Gasteiger partial charge in [0.1, 0.15) is 36.9 Å². The maximum Gasteiger partial charge on any atom is 0.145 e. The minimum atomic E-state index is 0.340. The second kappa shape index (κ2) is 11.4. The van der Waals surface area contributed by atoms with E-state index >= 15 is 0 Å². The first-order chi connectivity index (χ1) is 16.6. The summed E-state index contributed by atoms with van der Waals surface area (Å²) in [6.45, 7) is 6.22. The molecule has 2 heterocycles. The molecule has 174 valence electrons. The number of fused-ring (bicyclic) bond motifs is 1. The number of anilines is 2. The first-order valence-corrected chi connectivity index (χ1v) is 11.3. The largest absolute Gasteiger partial charge is 0.491 e. The van der Waals surface area contributed by atoms with Crippen LogP contribution in [-0.4, -0.2) is 46.6 Å². The third-order valence-corrected chi connectivity index (χ3v) is 5.39. The predicted octanol–water partition coefficient (Wildman–Crippen LogP) is 5.50. The number of benzene rings is 2. The van der Waals surface area contributed by atoms with Gasteiger partial charge in [-0.25, -0.2) is 9.97 Å². The number of hydrogen-bond acceptors (Lipinski definition) is 7. The number of pyridine rings is 1. The minimum Gasteiger partial charge on any atom is -0.491 e. The average Bonchev–Trinajstić information content (AvgIpc) is 2.84. The van der Waals surface area contributed by atoms with Gasteiger partial charge in [0, 0.05) is 25.0 Å². The van der Waals surface area contributed by atoms with Crippen LogP contribution in [0.1, 0.15) is 5.69 Å². The van der Waals surface area contributed by atoms with Gasteiger partial charge in [0.15, 0.2) is 0 Å². The van der Waals surface area contributed by atoms with Gasteiger partial charge in [-0.1, -0.05) is 29.8 Å². The summed E-state index contributed by atoms with van der Waals surface area (Å²) in [5.41, 5.74) is 2.39. The van der Waals surface area contributed by atoms with Gasteiger partial charge in [0.2, 0.25) is 0 Å². The zero-order valence-electron chi connectivity index (χ0n) is 18.9. The van der Waals surface area contributed by atoms with Crippen molar-refractivity contribution in [3.05, 3.63) is 90.5 Å². The Morgan fingerprint density at radius 3 is 2.74 bits per heavy atom. The number of aromatic nitrogens is 3. The van der Waals surface area contributed by atoms with Crippen molar-refractivity contribution in [2.24, 2.45) is 0 Å². The van der Waals surface area contributed by atoms with Crippen LogP contribution in [0, 0.1) is 0 Å². The van der Waals surface area contributed by atoms with Gasteiger partial charge in [-0.2, -0.15) is 0 Å². The lowest BCUT2D eigenvalue weighted by atomic mass is 10.2. The fourth-order valence-electron chi connectivity index (χ4n) is 3.38.